The quantitative estimate of drug-likeness (QED) is 0.158. The van der Waals surface area contributed by atoms with Crippen molar-refractivity contribution in [3.8, 4) is 55.5 Å². The van der Waals surface area contributed by atoms with Gasteiger partial charge < -0.3 is 26.3 Å². The minimum Gasteiger partial charge on any atom is -0.496 e. The van der Waals surface area contributed by atoms with Gasteiger partial charge in [-0.3, -0.25) is 0 Å². The maximum Gasteiger partial charge on any atom is 0.254 e. The summed E-state index contributed by atoms with van der Waals surface area (Å²) in [6.45, 7) is 55.2. The molecule has 0 unspecified atom stereocenters. The van der Waals surface area contributed by atoms with E-state index in [1.54, 1.807) is 14.2 Å². The summed E-state index contributed by atoms with van der Waals surface area (Å²) >= 11 is 0. The Labute approximate surface area is 540 Å². The second-order valence-electron chi connectivity index (χ2n) is 33.3. The third-order valence-electron chi connectivity index (χ3n) is 17.8. The molecule has 8 heteroatoms. The van der Waals surface area contributed by atoms with E-state index >= 15 is 0 Å². The van der Waals surface area contributed by atoms with Gasteiger partial charge in [0.25, 0.3) is 16.0 Å². The molecule has 0 aliphatic carbocycles. The first kappa shape index (κ1) is 66.1. The zero-order valence-corrected chi connectivity index (χ0v) is 60.8. The highest BCUT2D eigenvalue weighted by Crippen LogP contribution is 2.63. The van der Waals surface area contributed by atoms with E-state index in [4.69, 9.17) is 26.3 Å². The fraction of sp³-hybridized carbons (Fsp3) is 0.415. The molecular weight excluding hydrogens is 1140 g/mol. The fourth-order valence-corrected chi connectivity index (χ4v) is 15.8. The zero-order valence-electron chi connectivity index (χ0n) is 59.0. The van der Waals surface area contributed by atoms with Crippen LogP contribution < -0.4 is 9.47 Å². The Morgan fingerprint density at radius 1 is 0.278 bits per heavy atom. The van der Waals surface area contributed by atoms with Gasteiger partial charge in [0.2, 0.25) is 0 Å². The molecule has 0 bridgehead atoms. The van der Waals surface area contributed by atoms with E-state index in [9.17, 15) is 0 Å². The third kappa shape index (κ3) is 12.6. The molecule has 474 valence electrons. The Bertz CT molecular complexity index is 4000. The molecular formula is C82H100O6P2. The second-order valence-corrected chi connectivity index (χ2v) is 35.9. The van der Waals surface area contributed by atoms with Crippen molar-refractivity contribution in [2.75, 3.05) is 14.2 Å². The summed E-state index contributed by atoms with van der Waals surface area (Å²) in [6, 6.07) is 49.0. The summed E-state index contributed by atoms with van der Waals surface area (Å²) in [6.07, 6.45) is 0. The number of rotatable bonds is 7. The van der Waals surface area contributed by atoms with E-state index in [2.05, 4.69) is 300 Å². The molecule has 0 aliphatic rings. The normalized spacial score (nSPS) is 13.2. The van der Waals surface area contributed by atoms with Crippen molar-refractivity contribution >= 4 is 59.9 Å². The third-order valence-corrected chi connectivity index (χ3v) is 20.9. The van der Waals surface area contributed by atoms with Crippen LogP contribution >= 0.6 is 16.0 Å². The first-order valence-corrected chi connectivity index (χ1v) is 34.6. The van der Waals surface area contributed by atoms with Crippen LogP contribution in [0.1, 0.15) is 211 Å². The summed E-state index contributed by atoms with van der Waals surface area (Å²) in [5.74, 6) is 1.24. The molecule has 10 rings (SSSR count). The molecule has 90 heavy (non-hydrogen) atoms. The van der Waals surface area contributed by atoms with Crippen LogP contribution in [0, 0.1) is 0 Å². The minimum atomic E-state index is -2.16. The van der Waals surface area contributed by atoms with Crippen LogP contribution in [0.25, 0.3) is 87.9 Å². The number of hydrogen-bond acceptors (Lipinski definition) is 6. The summed E-state index contributed by atoms with van der Waals surface area (Å²) in [7, 11) is -0.788. The van der Waals surface area contributed by atoms with Crippen LogP contribution in [0.2, 0.25) is 0 Å². The molecule has 2 heterocycles. The summed E-state index contributed by atoms with van der Waals surface area (Å²) < 4.78 is 46.2. The zero-order chi connectivity index (χ0) is 66.0. The van der Waals surface area contributed by atoms with Crippen molar-refractivity contribution in [3.05, 3.63) is 178 Å². The van der Waals surface area contributed by atoms with Gasteiger partial charge >= 0.3 is 0 Å². The van der Waals surface area contributed by atoms with Crippen LogP contribution in [-0.2, 0) is 43.3 Å². The fourth-order valence-electron chi connectivity index (χ4n) is 12.3. The SMILES string of the molecule is COc1ccc(-c2ccccc2)c(-p2oc3c(C(C)(C)C)cc(C(C)(C)C)cc3c3cc(C(C)(C)C)cc(C(C)(C)C)c3o2)c1-c1c(OC)ccc(-c2ccccc2)c1-p1oc2c(C(C)(C)C)cc(C(C)(C)C)cc2c2cc(C(C)(C)C)cc(C(C)(C)C)c2o1. The molecule has 0 fully saturated rings. The second kappa shape index (κ2) is 23.1. The average molecular weight is 1240 g/mol. The largest absolute Gasteiger partial charge is 0.496 e. The lowest BCUT2D eigenvalue weighted by atomic mass is 9.77. The first-order chi connectivity index (χ1) is 41.6. The smallest absolute Gasteiger partial charge is 0.254 e. The highest BCUT2D eigenvalue weighted by Gasteiger charge is 2.36. The lowest BCUT2D eigenvalue weighted by molar-refractivity contribution is 0.410. The van der Waals surface area contributed by atoms with E-state index in [1.165, 1.54) is 22.3 Å². The molecule has 0 atom stereocenters. The van der Waals surface area contributed by atoms with Gasteiger partial charge in [0.1, 0.15) is 33.8 Å². The molecule has 8 aromatic carbocycles. The number of fused-ring (bicyclic) bond motifs is 6. The van der Waals surface area contributed by atoms with Gasteiger partial charge in [-0.2, -0.15) is 0 Å². The average Bonchev–Trinajstić information content (AvgIpc) is 1.39. The molecule has 10 aromatic rings. The molecule has 6 nitrogen and oxygen atoms in total. The number of ether oxygens (including phenoxy) is 2. The summed E-state index contributed by atoms with van der Waals surface area (Å²) in [4.78, 5) is 0. The standard InChI is InChI=1S/C82H100O6P2/c1-75(2,3)51-41-57-58-42-52(76(4,5)6)46-62(80(16,17)18)70(58)86-89(85-69(57)61(45-51)79(13,14)15)73-55(49-33-29-27-30-34-49)37-39-65(83-25)67(73)68-66(84-26)40-38-56(50-35-31-28-32-36-50)74(68)90-87-71-59(43-53(77(7,8)9)47-63(71)81(19,20)21)60-44-54(78(10,11)12)48-64(72(60)88-90)82(22,23)24/h27-48H,1-26H3. The highest BCUT2D eigenvalue weighted by molar-refractivity contribution is 7.47. The Balaban J connectivity index is 1.56. The molecule has 0 saturated carbocycles. The van der Waals surface area contributed by atoms with E-state index in [-0.39, 0.29) is 43.3 Å². The molecule has 0 radical (unpaired) electrons. The Hall–Kier alpha value is -6.84. The van der Waals surface area contributed by atoms with Crippen molar-refractivity contribution in [1.82, 2.24) is 0 Å². The van der Waals surface area contributed by atoms with Gasteiger partial charge in [-0.15, -0.1) is 0 Å². The van der Waals surface area contributed by atoms with Crippen LogP contribution in [0.15, 0.2) is 150 Å². The van der Waals surface area contributed by atoms with Gasteiger partial charge in [-0.05, 0) is 125 Å². The monoisotopic (exact) mass is 1240 g/mol. The first-order valence-electron chi connectivity index (χ1n) is 32.2. The van der Waals surface area contributed by atoms with Crippen LogP contribution in [0.4, 0.5) is 0 Å². The van der Waals surface area contributed by atoms with E-state index in [0.717, 1.165) is 110 Å². The number of hydrogen-bond donors (Lipinski definition) is 0. The van der Waals surface area contributed by atoms with E-state index in [0.29, 0.717) is 11.5 Å². The van der Waals surface area contributed by atoms with Crippen molar-refractivity contribution in [2.45, 2.75) is 209 Å². The predicted molar refractivity (Wildman–Crippen MR) is 388 cm³/mol. The Kier molecular flexibility index (Phi) is 16.9. The maximum atomic E-state index is 8.13. The van der Waals surface area contributed by atoms with Gasteiger partial charge in [0, 0.05) is 66.1 Å². The summed E-state index contributed by atoms with van der Waals surface area (Å²) in [5, 5.41) is 5.75. The van der Waals surface area contributed by atoms with Crippen molar-refractivity contribution < 1.29 is 26.3 Å². The summed E-state index contributed by atoms with van der Waals surface area (Å²) in [5.41, 5.74) is 15.8. The molecule has 0 amide bonds. The Morgan fingerprint density at radius 3 is 0.711 bits per heavy atom. The van der Waals surface area contributed by atoms with Crippen LogP contribution in [-0.4, -0.2) is 14.2 Å². The molecule has 0 N–H and O–H groups in total. The topological polar surface area (TPSA) is 71.0 Å². The highest BCUT2D eigenvalue weighted by atomic mass is 31.1. The Morgan fingerprint density at radius 2 is 0.511 bits per heavy atom. The number of methoxy groups -OCH3 is 2. The van der Waals surface area contributed by atoms with Gasteiger partial charge in [-0.1, -0.05) is 251 Å². The van der Waals surface area contributed by atoms with Gasteiger partial charge in [0.05, 0.1) is 24.8 Å². The number of benzene rings is 8. The predicted octanol–water partition coefficient (Wildman–Crippen LogP) is 26.3. The van der Waals surface area contributed by atoms with Crippen molar-refractivity contribution in [1.29, 1.82) is 0 Å². The van der Waals surface area contributed by atoms with Crippen molar-refractivity contribution in [3.63, 3.8) is 0 Å². The minimum absolute atomic E-state index is 0.186. The van der Waals surface area contributed by atoms with Crippen molar-refractivity contribution in [2.24, 2.45) is 0 Å². The maximum absolute atomic E-state index is 8.13. The van der Waals surface area contributed by atoms with E-state index in [1.807, 2.05) is 0 Å². The molecule has 0 aliphatic heterocycles. The van der Waals surface area contributed by atoms with Gasteiger partial charge in [-0.25, -0.2) is 0 Å². The van der Waals surface area contributed by atoms with Crippen LogP contribution in [0.3, 0.4) is 0 Å². The van der Waals surface area contributed by atoms with Gasteiger partial charge in [0.15, 0.2) is 0 Å². The molecule has 2 aromatic heterocycles. The molecule has 0 spiro atoms. The lowest BCUT2D eigenvalue weighted by Crippen LogP contribution is -2.17. The molecule has 0 saturated heterocycles. The lowest BCUT2D eigenvalue weighted by Gasteiger charge is -2.27. The van der Waals surface area contributed by atoms with E-state index < -0.39 is 16.0 Å². The van der Waals surface area contributed by atoms with Crippen LogP contribution in [0.5, 0.6) is 11.5 Å².